The average Bonchev–Trinajstić information content (AvgIpc) is 2.67. The second kappa shape index (κ2) is 7.65. The lowest BCUT2D eigenvalue weighted by Gasteiger charge is -2.22. The maximum Gasteiger partial charge on any atom is 0.119 e. The maximum absolute atomic E-state index is 5.69. The van der Waals surface area contributed by atoms with Gasteiger partial charge in [-0.1, -0.05) is 12.1 Å². The molecule has 3 heteroatoms. The highest BCUT2D eigenvalue weighted by molar-refractivity contribution is 5.29. The molecule has 0 radical (unpaired) electrons. The fraction of sp³-hybridized carbons (Fsp3) is 0.647. The summed E-state index contributed by atoms with van der Waals surface area (Å²) >= 11 is 0. The van der Waals surface area contributed by atoms with Crippen LogP contribution in [0, 0.1) is 0 Å². The molecule has 0 bridgehead atoms. The molecule has 112 valence electrons. The standard InChI is InChI=1S/C17H28N2O/c1-13(2)20-17-8-6-15(7-9-17)14(3)19-16-5-4-11-18-12-10-16/h6-9,13-14,16,18-19H,4-5,10-12H2,1-3H3. The van der Waals surface area contributed by atoms with E-state index in [0.717, 1.165) is 18.8 Å². The first-order chi connectivity index (χ1) is 9.65. The summed E-state index contributed by atoms with van der Waals surface area (Å²) in [7, 11) is 0. The molecule has 1 saturated heterocycles. The molecule has 20 heavy (non-hydrogen) atoms. The van der Waals surface area contributed by atoms with Crippen molar-refractivity contribution in [2.24, 2.45) is 0 Å². The summed E-state index contributed by atoms with van der Waals surface area (Å²) in [5.41, 5.74) is 1.33. The van der Waals surface area contributed by atoms with Gasteiger partial charge in [-0.2, -0.15) is 0 Å². The van der Waals surface area contributed by atoms with Crippen LogP contribution >= 0.6 is 0 Å². The van der Waals surface area contributed by atoms with E-state index in [-0.39, 0.29) is 6.10 Å². The highest BCUT2D eigenvalue weighted by Gasteiger charge is 2.15. The van der Waals surface area contributed by atoms with Crippen LogP contribution in [0.3, 0.4) is 0 Å². The predicted octanol–water partition coefficient (Wildman–Crippen LogP) is 3.27. The van der Waals surface area contributed by atoms with Crippen molar-refractivity contribution in [1.82, 2.24) is 10.6 Å². The Labute approximate surface area is 123 Å². The lowest BCUT2D eigenvalue weighted by molar-refractivity contribution is 0.242. The van der Waals surface area contributed by atoms with Crippen molar-refractivity contribution in [3.8, 4) is 5.75 Å². The summed E-state index contributed by atoms with van der Waals surface area (Å²) in [4.78, 5) is 0. The number of ether oxygens (including phenoxy) is 1. The largest absolute Gasteiger partial charge is 0.491 e. The van der Waals surface area contributed by atoms with Gasteiger partial charge in [-0.25, -0.2) is 0 Å². The van der Waals surface area contributed by atoms with Gasteiger partial charge in [0.05, 0.1) is 6.10 Å². The highest BCUT2D eigenvalue weighted by atomic mass is 16.5. The van der Waals surface area contributed by atoms with Crippen molar-refractivity contribution in [3.63, 3.8) is 0 Å². The van der Waals surface area contributed by atoms with Crippen molar-refractivity contribution in [3.05, 3.63) is 29.8 Å². The number of nitrogens with one attached hydrogen (secondary N) is 2. The van der Waals surface area contributed by atoms with E-state index in [2.05, 4.69) is 55.7 Å². The van der Waals surface area contributed by atoms with Crippen LogP contribution in [0.25, 0.3) is 0 Å². The van der Waals surface area contributed by atoms with Crippen LogP contribution in [-0.2, 0) is 0 Å². The first-order valence-corrected chi connectivity index (χ1v) is 7.88. The Morgan fingerprint density at radius 1 is 1.10 bits per heavy atom. The molecule has 0 aliphatic carbocycles. The molecule has 3 nitrogen and oxygen atoms in total. The monoisotopic (exact) mass is 276 g/mol. The zero-order valence-electron chi connectivity index (χ0n) is 13.0. The molecule has 2 atom stereocenters. The van der Waals surface area contributed by atoms with Gasteiger partial charge in [0.15, 0.2) is 0 Å². The van der Waals surface area contributed by atoms with Crippen LogP contribution in [0.4, 0.5) is 0 Å². The van der Waals surface area contributed by atoms with E-state index in [0.29, 0.717) is 12.1 Å². The quantitative estimate of drug-likeness (QED) is 0.866. The topological polar surface area (TPSA) is 33.3 Å². The summed E-state index contributed by atoms with van der Waals surface area (Å²) in [6.45, 7) is 8.65. The molecule has 2 N–H and O–H groups in total. The molecule has 1 aromatic carbocycles. The second-order valence-electron chi connectivity index (χ2n) is 6.00. The molecule has 2 unspecified atom stereocenters. The first-order valence-electron chi connectivity index (χ1n) is 7.88. The van der Waals surface area contributed by atoms with Gasteiger partial charge in [0.25, 0.3) is 0 Å². The van der Waals surface area contributed by atoms with Crippen molar-refractivity contribution in [2.45, 2.75) is 58.2 Å². The molecular weight excluding hydrogens is 248 g/mol. The minimum Gasteiger partial charge on any atom is -0.491 e. The fourth-order valence-electron chi connectivity index (χ4n) is 2.74. The second-order valence-corrected chi connectivity index (χ2v) is 6.00. The van der Waals surface area contributed by atoms with Gasteiger partial charge in [0.1, 0.15) is 5.75 Å². The Bertz CT molecular complexity index is 380. The van der Waals surface area contributed by atoms with Gasteiger partial charge in [0.2, 0.25) is 0 Å². The molecule has 1 aliphatic heterocycles. The van der Waals surface area contributed by atoms with Gasteiger partial charge in [0, 0.05) is 12.1 Å². The van der Waals surface area contributed by atoms with Crippen LogP contribution in [0.15, 0.2) is 24.3 Å². The summed E-state index contributed by atoms with van der Waals surface area (Å²) in [6, 6.07) is 9.51. The maximum atomic E-state index is 5.69. The lowest BCUT2D eigenvalue weighted by Crippen LogP contribution is -2.32. The molecule has 1 heterocycles. The number of rotatable bonds is 5. The van der Waals surface area contributed by atoms with Crippen LogP contribution < -0.4 is 15.4 Å². The normalized spacial score (nSPS) is 21.5. The third-order valence-corrected chi connectivity index (χ3v) is 3.81. The smallest absolute Gasteiger partial charge is 0.119 e. The van der Waals surface area contributed by atoms with E-state index in [1.165, 1.54) is 24.8 Å². The summed E-state index contributed by atoms with van der Waals surface area (Å²) < 4.78 is 5.69. The van der Waals surface area contributed by atoms with Crippen LogP contribution in [0.2, 0.25) is 0 Å². The minimum absolute atomic E-state index is 0.231. The van der Waals surface area contributed by atoms with E-state index in [1.807, 2.05) is 0 Å². The number of benzene rings is 1. The van der Waals surface area contributed by atoms with Crippen molar-refractivity contribution >= 4 is 0 Å². The van der Waals surface area contributed by atoms with Crippen LogP contribution in [0.1, 0.15) is 51.6 Å². The number of hydrogen-bond donors (Lipinski definition) is 2. The molecule has 1 fully saturated rings. The zero-order chi connectivity index (χ0) is 14.4. The molecule has 1 aromatic rings. The molecule has 2 rings (SSSR count). The molecular formula is C17H28N2O. The predicted molar refractivity (Wildman–Crippen MR) is 84.3 cm³/mol. The summed E-state index contributed by atoms with van der Waals surface area (Å²) in [5, 5.41) is 7.21. The zero-order valence-corrected chi connectivity index (χ0v) is 13.0. The van der Waals surface area contributed by atoms with Crippen LogP contribution in [-0.4, -0.2) is 25.2 Å². The summed E-state index contributed by atoms with van der Waals surface area (Å²) in [5.74, 6) is 0.953. The van der Waals surface area contributed by atoms with Crippen molar-refractivity contribution in [1.29, 1.82) is 0 Å². The SMILES string of the molecule is CC(C)Oc1ccc(C(C)NC2CCCNCC2)cc1. The van der Waals surface area contributed by atoms with Gasteiger partial charge in [-0.05, 0) is 70.8 Å². The van der Waals surface area contributed by atoms with Gasteiger partial charge in [-0.3, -0.25) is 0 Å². The Morgan fingerprint density at radius 3 is 2.55 bits per heavy atom. The third-order valence-electron chi connectivity index (χ3n) is 3.81. The van der Waals surface area contributed by atoms with Crippen LogP contribution in [0.5, 0.6) is 5.75 Å². The molecule has 0 amide bonds. The van der Waals surface area contributed by atoms with Crippen molar-refractivity contribution < 1.29 is 4.74 Å². The Hall–Kier alpha value is -1.06. The third kappa shape index (κ3) is 4.80. The highest BCUT2D eigenvalue weighted by Crippen LogP contribution is 2.20. The average molecular weight is 276 g/mol. The van der Waals surface area contributed by atoms with E-state index in [1.54, 1.807) is 0 Å². The molecule has 0 spiro atoms. The Morgan fingerprint density at radius 2 is 1.85 bits per heavy atom. The molecule has 0 saturated carbocycles. The summed E-state index contributed by atoms with van der Waals surface area (Å²) in [6.07, 6.45) is 3.99. The van der Waals surface area contributed by atoms with Gasteiger partial charge in [-0.15, -0.1) is 0 Å². The van der Waals surface area contributed by atoms with Gasteiger partial charge >= 0.3 is 0 Å². The number of hydrogen-bond acceptors (Lipinski definition) is 3. The lowest BCUT2D eigenvalue weighted by atomic mass is 10.0. The first kappa shape index (κ1) is 15.3. The minimum atomic E-state index is 0.231. The fourth-order valence-corrected chi connectivity index (χ4v) is 2.74. The van der Waals surface area contributed by atoms with E-state index >= 15 is 0 Å². The Kier molecular flexibility index (Phi) is 5.86. The van der Waals surface area contributed by atoms with E-state index < -0.39 is 0 Å². The van der Waals surface area contributed by atoms with E-state index in [9.17, 15) is 0 Å². The molecule has 1 aliphatic rings. The molecule has 0 aromatic heterocycles. The Balaban J connectivity index is 1.89. The van der Waals surface area contributed by atoms with Crippen molar-refractivity contribution in [2.75, 3.05) is 13.1 Å². The van der Waals surface area contributed by atoms with Gasteiger partial charge < -0.3 is 15.4 Å². The van der Waals surface area contributed by atoms with E-state index in [4.69, 9.17) is 4.74 Å².